The number of halogens is 1. The number of para-hydroxylation sites is 1. The number of carbonyl (C=O) groups is 1. The molecule has 0 atom stereocenters. The number of nitrogens with one attached hydrogen (secondary N) is 1. The van der Waals surface area contributed by atoms with Gasteiger partial charge in [-0.05, 0) is 62.2 Å². The topological polar surface area (TPSA) is 76.5 Å². The number of fused-ring (bicyclic) bond motifs is 1. The molecule has 2 aliphatic rings. The van der Waals surface area contributed by atoms with E-state index in [1.165, 1.54) is 18.6 Å². The predicted octanol–water partition coefficient (Wildman–Crippen LogP) is 4.25. The molecule has 0 saturated heterocycles. The van der Waals surface area contributed by atoms with E-state index >= 15 is 0 Å². The largest absolute Gasteiger partial charge is 0.494 e. The van der Waals surface area contributed by atoms with Gasteiger partial charge in [-0.2, -0.15) is 0 Å². The second-order valence-corrected chi connectivity index (χ2v) is 11.3. The summed E-state index contributed by atoms with van der Waals surface area (Å²) < 4.78 is 20.2. The van der Waals surface area contributed by atoms with E-state index in [0.29, 0.717) is 64.8 Å². The van der Waals surface area contributed by atoms with E-state index in [2.05, 4.69) is 17.9 Å². The maximum atomic E-state index is 13.8. The number of aromatic nitrogens is 2. The van der Waals surface area contributed by atoms with Gasteiger partial charge in [0.2, 0.25) is 5.91 Å². The van der Waals surface area contributed by atoms with Crippen LogP contribution in [0.3, 0.4) is 0 Å². The summed E-state index contributed by atoms with van der Waals surface area (Å²) in [7, 11) is 0. The third kappa shape index (κ3) is 6.24. The number of rotatable bonds is 10. The fourth-order valence-corrected chi connectivity index (χ4v) is 6.05. The number of carbonyl (C=O) groups excluding carboxylic acids is 1. The van der Waals surface area contributed by atoms with Crippen LogP contribution in [0, 0.1) is 5.82 Å². The Hall–Kier alpha value is -2.82. The highest BCUT2D eigenvalue weighted by Gasteiger charge is 2.29. The van der Waals surface area contributed by atoms with E-state index in [9.17, 15) is 14.0 Å². The maximum Gasteiger partial charge on any atom is 0.264 e. The Kier molecular flexibility index (Phi) is 8.71. The molecule has 2 heterocycles. The molecule has 1 saturated carbocycles. The summed E-state index contributed by atoms with van der Waals surface area (Å²) in [4.78, 5) is 34.1. The van der Waals surface area contributed by atoms with Crippen LogP contribution in [0.15, 0.2) is 63.4 Å². The molecule has 0 bridgehead atoms. The molecule has 10 heteroatoms. The van der Waals surface area contributed by atoms with E-state index in [1.54, 1.807) is 33.4 Å². The summed E-state index contributed by atoms with van der Waals surface area (Å²) in [5.41, 5.74) is 1.96. The van der Waals surface area contributed by atoms with Crippen molar-refractivity contribution in [2.75, 3.05) is 26.2 Å². The Labute approximate surface area is 231 Å². The third-order valence-electron chi connectivity index (χ3n) is 6.86. The minimum Gasteiger partial charge on any atom is -0.494 e. The van der Waals surface area contributed by atoms with Crippen LogP contribution in [0.2, 0.25) is 0 Å². The summed E-state index contributed by atoms with van der Waals surface area (Å²) in [6.07, 6.45) is 4.74. The molecule has 0 spiro atoms. The predicted molar refractivity (Wildman–Crippen MR) is 149 cm³/mol. The lowest BCUT2D eigenvalue weighted by Crippen LogP contribution is -2.44. The fourth-order valence-electron chi connectivity index (χ4n) is 4.48. The molecule has 38 heavy (non-hydrogen) atoms. The number of hydrogen-bond acceptors (Lipinski definition) is 7. The van der Waals surface area contributed by atoms with E-state index in [0.717, 1.165) is 18.5 Å². The second kappa shape index (κ2) is 12.4. The molecule has 7 nitrogen and oxygen atoms in total. The maximum absolute atomic E-state index is 13.8. The molecule has 1 fully saturated rings. The highest BCUT2D eigenvalue weighted by molar-refractivity contribution is 7.99. The first-order valence-corrected chi connectivity index (χ1v) is 14.3. The summed E-state index contributed by atoms with van der Waals surface area (Å²) in [6, 6.07) is 13.4. The van der Waals surface area contributed by atoms with Crippen molar-refractivity contribution in [1.29, 1.82) is 0 Å². The van der Waals surface area contributed by atoms with E-state index in [4.69, 9.17) is 9.72 Å². The van der Waals surface area contributed by atoms with Crippen LogP contribution < -0.4 is 15.6 Å². The monoisotopic (exact) mass is 554 g/mol. The van der Waals surface area contributed by atoms with Gasteiger partial charge < -0.3 is 15.0 Å². The van der Waals surface area contributed by atoms with Gasteiger partial charge in [-0.25, -0.2) is 9.37 Å². The Morgan fingerprint density at radius 1 is 1.18 bits per heavy atom. The van der Waals surface area contributed by atoms with Crippen molar-refractivity contribution in [1.82, 2.24) is 19.8 Å². The Bertz CT molecular complexity index is 1340. The van der Waals surface area contributed by atoms with Gasteiger partial charge in [0.1, 0.15) is 11.6 Å². The summed E-state index contributed by atoms with van der Waals surface area (Å²) in [6.45, 7) is 2.03. The van der Waals surface area contributed by atoms with E-state index < -0.39 is 0 Å². The number of hydrogen-bond donors (Lipinski definition) is 2. The summed E-state index contributed by atoms with van der Waals surface area (Å²) >= 11 is 6.27. The van der Waals surface area contributed by atoms with Crippen LogP contribution in [0.4, 0.5) is 4.39 Å². The number of benzene rings is 2. The highest BCUT2D eigenvalue weighted by Crippen LogP contribution is 2.37. The Morgan fingerprint density at radius 2 is 1.97 bits per heavy atom. The lowest BCUT2D eigenvalue weighted by atomic mass is 10.0. The molecule has 0 radical (unpaired) electrons. The zero-order valence-electron chi connectivity index (χ0n) is 21.1. The van der Waals surface area contributed by atoms with Crippen molar-refractivity contribution >= 4 is 30.3 Å². The van der Waals surface area contributed by atoms with Crippen LogP contribution in [0.25, 0.3) is 5.69 Å². The Balaban J connectivity index is 1.21. The highest BCUT2D eigenvalue weighted by atomic mass is 32.2. The molecule has 0 unspecified atom stereocenters. The van der Waals surface area contributed by atoms with E-state index in [-0.39, 0.29) is 30.4 Å². The minimum absolute atomic E-state index is 0.0523. The lowest BCUT2D eigenvalue weighted by Gasteiger charge is -2.30. The van der Waals surface area contributed by atoms with Crippen LogP contribution in [0.5, 0.6) is 5.75 Å². The van der Waals surface area contributed by atoms with Gasteiger partial charge in [-0.3, -0.25) is 14.2 Å². The first-order valence-electron chi connectivity index (χ1n) is 13.0. The van der Waals surface area contributed by atoms with Crippen molar-refractivity contribution in [2.45, 2.75) is 54.0 Å². The molecule has 1 amide bonds. The van der Waals surface area contributed by atoms with Crippen molar-refractivity contribution in [3.05, 3.63) is 76.0 Å². The molecule has 3 aromatic rings. The number of thioether (sulfide) groups is 1. The zero-order valence-corrected chi connectivity index (χ0v) is 22.8. The van der Waals surface area contributed by atoms with Crippen LogP contribution in [-0.4, -0.2) is 51.8 Å². The van der Waals surface area contributed by atoms with Crippen molar-refractivity contribution < 1.29 is 13.9 Å². The van der Waals surface area contributed by atoms with Gasteiger partial charge in [0, 0.05) is 23.1 Å². The number of ether oxygens (including phenoxy) is 1. The van der Waals surface area contributed by atoms with Crippen LogP contribution in [-0.2, 0) is 17.8 Å². The SMILES string of the molecule is O=C(CNCCCOc1ccc(F)cc1)N1CCc2nc(SC3CCC3)n(-c3ccccc3S)c(=O)c2C1. The molecule has 5 rings (SSSR count). The molecule has 1 aromatic heterocycles. The first kappa shape index (κ1) is 26.8. The quantitative estimate of drug-likeness (QED) is 0.222. The van der Waals surface area contributed by atoms with Crippen LogP contribution >= 0.6 is 24.4 Å². The smallest absolute Gasteiger partial charge is 0.264 e. The number of amides is 1. The number of nitrogens with zero attached hydrogens (tertiary/aromatic N) is 3. The third-order valence-corrected chi connectivity index (χ3v) is 8.52. The average Bonchev–Trinajstić information content (AvgIpc) is 2.90. The van der Waals surface area contributed by atoms with Gasteiger partial charge in [0.15, 0.2) is 5.16 Å². The molecule has 2 aromatic carbocycles. The Morgan fingerprint density at radius 3 is 2.71 bits per heavy atom. The summed E-state index contributed by atoms with van der Waals surface area (Å²) in [5, 5.41) is 4.35. The van der Waals surface area contributed by atoms with Gasteiger partial charge in [-0.15, -0.1) is 12.6 Å². The normalized spacial score (nSPS) is 15.2. The molecule has 200 valence electrons. The minimum atomic E-state index is -0.299. The second-order valence-electron chi connectivity index (χ2n) is 9.52. The van der Waals surface area contributed by atoms with Crippen molar-refractivity contribution in [3.8, 4) is 11.4 Å². The van der Waals surface area contributed by atoms with Gasteiger partial charge in [-0.1, -0.05) is 30.3 Å². The zero-order chi connectivity index (χ0) is 26.5. The molecule has 1 aliphatic heterocycles. The standard InChI is InChI=1S/C28H31FN4O3S2/c29-19-9-11-20(12-10-19)36-16-4-14-30-17-26(34)32-15-13-23-22(18-32)27(35)33(24-7-1-2-8-25(24)37)28(31-23)38-21-5-3-6-21/h1-2,7-12,21,30,37H,3-6,13-18H2. The van der Waals surface area contributed by atoms with Crippen LogP contribution in [0.1, 0.15) is 36.9 Å². The molecular weight excluding hydrogens is 523 g/mol. The fraction of sp³-hybridized carbons (Fsp3) is 0.393. The van der Waals surface area contributed by atoms with E-state index in [1.807, 2.05) is 24.3 Å². The summed E-state index contributed by atoms with van der Waals surface area (Å²) in [5.74, 6) is 0.263. The molecule has 1 aliphatic carbocycles. The van der Waals surface area contributed by atoms with Crippen molar-refractivity contribution in [3.63, 3.8) is 0 Å². The van der Waals surface area contributed by atoms with Gasteiger partial charge in [0.25, 0.3) is 5.56 Å². The number of thiol groups is 1. The van der Waals surface area contributed by atoms with Crippen molar-refractivity contribution in [2.24, 2.45) is 0 Å². The van der Waals surface area contributed by atoms with Gasteiger partial charge >= 0.3 is 0 Å². The molecular formula is C28H31FN4O3S2. The first-order chi connectivity index (χ1) is 18.5. The average molecular weight is 555 g/mol. The van der Waals surface area contributed by atoms with Gasteiger partial charge in [0.05, 0.1) is 36.6 Å². The lowest BCUT2D eigenvalue weighted by molar-refractivity contribution is -0.131. The molecule has 1 N–H and O–H groups in total.